The zero-order chi connectivity index (χ0) is 20.3. The summed E-state index contributed by atoms with van der Waals surface area (Å²) in [5.74, 6) is 0.996. The molecule has 0 aliphatic heterocycles. The molecule has 0 bridgehead atoms. The van der Waals surface area contributed by atoms with E-state index < -0.39 is 0 Å². The molecule has 2 heterocycles. The molecule has 0 saturated heterocycles. The highest BCUT2D eigenvalue weighted by Crippen LogP contribution is 2.27. The highest BCUT2D eigenvalue weighted by atomic mass is 15.3. The maximum Gasteiger partial charge on any atom is 0.222 e. The molecule has 3 aromatic rings. The Hall–Kier alpha value is -2.89. The molecule has 3 N–H and O–H groups in total. The largest absolute Gasteiger partial charge is 0.368 e. The summed E-state index contributed by atoms with van der Waals surface area (Å²) in [6.45, 7) is 8.60. The smallest absolute Gasteiger partial charge is 0.222 e. The zero-order valence-electron chi connectivity index (χ0n) is 17.4. The molecule has 0 spiro atoms. The minimum atomic E-state index is -0.0262. The number of hydrogen-bond donors (Lipinski definition) is 2. The molecule has 0 aliphatic carbocycles. The van der Waals surface area contributed by atoms with Crippen molar-refractivity contribution < 1.29 is 0 Å². The van der Waals surface area contributed by atoms with Crippen LogP contribution in [0.25, 0.3) is 11.4 Å². The van der Waals surface area contributed by atoms with Crippen LogP contribution in [-0.2, 0) is 18.9 Å². The fraction of sp³-hybridized carbons (Fsp3) is 0.409. The van der Waals surface area contributed by atoms with Gasteiger partial charge in [0, 0.05) is 24.6 Å². The monoisotopic (exact) mass is 378 g/mol. The maximum absolute atomic E-state index is 5.99. The Morgan fingerprint density at radius 3 is 2.46 bits per heavy atom. The number of anilines is 2. The Kier molecular flexibility index (Phi) is 5.68. The highest BCUT2D eigenvalue weighted by Gasteiger charge is 2.20. The molecular formula is C22H30N6. The van der Waals surface area contributed by atoms with Crippen LogP contribution in [0.1, 0.15) is 45.4 Å². The first-order valence-corrected chi connectivity index (χ1v) is 9.72. The van der Waals surface area contributed by atoms with Gasteiger partial charge in [-0.2, -0.15) is 10.1 Å². The predicted molar refractivity (Wildman–Crippen MR) is 115 cm³/mol. The number of nitrogens with one attached hydrogen (secondary N) is 1. The molecule has 1 atom stereocenters. The molecule has 3 rings (SSSR count). The van der Waals surface area contributed by atoms with Gasteiger partial charge in [0.1, 0.15) is 5.82 Å². The van der Waals surface area contributed by atoms with Crippen LogP contribution in [0.3, 0.4) is 0 Å². The lowest BCUT2D eigenvalue weighted by atomic mass is 9.92. The summed E-state index contributed by atoms with van der Waals surface area (Å²) in [4.78, 5) is 8.79. The molecule has 0 saturated carbocycles. The SMILES string of the molecule is CC(CCc1ccccc1)Nc1cc(-c2cc(C(C)(C)C)nn2C)nc(N)n1. The number of nitrogen functional groups attached to an aromatic ring is 1. The van der Waals surface area contributed by atoms with E-state index in [9.17, 15) is 0 Å². The lowest BCUT2D eigenvalue weighted by molar-refractivity contribution is 0.553. The highest BCUT2D eigenvalue weighted by molar-refractivity contribution is 5.61. The maximum atomic E-state index is 5.99. The molecule has 2 aromatic heterocycles. The van der Waals surface area contributed by atoms with Crippen molar-refractivity contribution >= 4 is 11.8 Å². The standard InChI is InChI=1S/C22H30N6/c1-15(11-12-16-9-7-6-8-10-16)24-20-13-17(25-21(23)26-20)18-14-19(22(2,3)4)27-28(18)5/h6-10,13-15H,11-12H2,1-5H3,(H3,23,24,25,26). The van der Waals surface area contributed by atoms with E-state index in [0.717, 1.165) is 35.7 Å². The number of aromatic nitrogens is 4. The van der Waals surface area contributed by atoms with Crippen molar-refractivity contribution in [2.24, 2.45) is 7.05 Å². The molecule has 6 heteroatoms. The van der Waals surface area contributed by atoms with Crippen LogP contribution in [0.15, 0.2) is 42.5 Å². The first-order valence-electron chi connectivity index (χ1n) is 9.72. The minimum Gasteiger partial charge on any atom is -0.368 e. The van der Waals surface area contributed by atoms with Crippen molar-refractivity contribution in [1.82, 2.24) is 19.7 Å². The number of hydrogen-bond acceptors (Lipinski definition) is 5. The van der Waals surface area contributed by atoms with Crippen molar-refractivity contribution in [2.75, 3.05) is 11.1 Å². The summed E-state index contributed by atoms with van der Waals surface area (Å²) in [6, 6.07) is 14.8. The van der Waals surface area contributed by atoms with E-state index in [1.807, 2.05) is 23.9 Å². The van der Waals surface area contributed by atoms with Crippen LogP contribution >= 0.6 is 0 Å². The third-order valence-corrected chi connectivity index (χ3v) is 4.76. The van der Waals surface area contributed by atoms with Gasteiger partial charge in [0.05, 0.1) is 17.1 Å². The van der Waals surface area contributed by atoms with Crippen LogP contribution in [0, 0.1) is 0 Å². The summed E-state index contributed by atoms with van der Waals surface area (Å²) in [5, 5.41) is 8.10. The van der Waals surface area contributed by atoms with E-state index in [-0.39, 0.29) is 17.4 Å². The van der Waals surface area contributed by atoms with Crippen LogP contribution < -0.4 is 11.1 Å². The first-order chi connectivity index (χ1) is 13.2. The normalized spacial score (nSPS) is 12.8. The number of nitrogens with two attached hydrogens (primary N) is 1. The molecule has 0 fully saturated rings. The van der Waals surface area contributed by atoms with Crippen LogP contribution in [0.5, 0.6) is 0 Å². The first kappa shape index (κ1) is 19.9. The van der Waals surface area contributed by atoms with E-state index in [4.69, 9.17) is 5.73 Å². The lowest BCUT2D eigenvalue weighted by Gasteiger charge is -2.15. The summed E-state index contributed by atoms with van der Waals surface area (Å²) in [6.07, 6.45) is 2.02. The fourth-order valence-electron chi connectivity index (χ4n) is 3.10. The van der Waals surface area contributed by atoms with Gasteiger partial charge < -0.3 is 11.1 Å². The van der Waals surface area contributed by atoms with Crippen molar-refractivity contribution in [3.05, 3.63) is 53.7 Å². The average molecular weight is 379 g/mol. The van der Waals surface area contributed by atoms with E-state index >= 15 is 0 Å². The minimum absolute atomic E-state index is 0.0262. The van der Waals surface area contributed by atoms with Crippen LogP contribution in [0.2, 0.25) is 0 Å². The zero-order valence-corrected chi connectivity index (χ0v) is 17.4. The van der Waals surface area contributed by atoms with Crippen LogP contribution in [-0.4, -0.2) is 25.8 Å². The molecule has 148 valence electrons. The molecular weight excluding hydrogens is 348 g/mol. The van der Waals surface area contributed by atoms with Crippen molar-refractivity contribution in [1.29, 1.82) is 0 Å². The second-order valence-electron chi connectivity index (χ2n) is 8.35. The van der Waals surface area contributed by atoms with E-state index in [0.29, 0.717) is 0 Å². The molecule has 1 aromatic carbocycles. The van der Waals surface area contributed by atoms with E-state index in [2.05, 4.69) is 78.4 Å². The van der Waals surface area contributed by atoms with Gasteiger partial charge in [0.25, 0.3) is 0 Å². The van der Waals surface area contributed by atoms with Crippen molar-refractivity contribution in [3.63, 3.8) is 0 Å². The second-order valence-corrected chi connectivity index (χ2v) is 8.35. The Bertz CT molecular complexity index is 924. The van der Waals surface area contributed by atoms with Crippen molar-refractivity contribution in [3.8, 4) is 11.4 Å². The molecule has 0 radical (unpaired) electrons. The molecule has 0 aliphatic rings. The Balaban J connectivity index is 1.75. The number of rotatable bonds is 6. The van der Waals surface area contributed by atoms with E-state index in [1.165, 1.54) is 5.56 Å². The van der Waals surface area contributed by atoms with Gasteiger partial charge in [-0.3, -0.25) is 4.68 Å². The quantitative estimate of drug-likeness (QED) is 0.672. The summed E-state index contributed by atoms with van der Waals surface area (Å²) < 4.78 is 1.85. The molecule has 6 nitrogen and oxygen atoms in total. The topological polar surface area (TPSA) is 81.7 Å². The number of benzene rings is 1. The summed E-state index contributed by atoms with van der Waals surface area (Å²) in [5.41, 5.74) is 10.0. The number of aryl methyl sites for hydroxylation is 2. The van der Waals surface area contributed by atoms with Gasteiger partial charge in [0.15, 0.2) is 0 Å². The molecule has 28 heavy (non-hydrogen) atoms. The second kappa shape index (κ2) is 8.00. The molecule has 0 amide bonds. The lowest BCUT2D eigenvalue weighted by Crippen LogP contribution is -2.17. The third kappa shape index (κ3) is 4.88. The Morgan fingerprint density at radius 2 is 1.82 bits per heavy atom. The fourth-order valence-corrected chi connectivity index (χ4v) is 3.10. The van der Waals surface area contributed by atoms with Crippen LogP contribution in [0.4, 0.5) is 11.8 Å². The Labute approximate surface area is 167 Å². The average Bonchev–Trinajstić information content (AvgIpc) is 3.02. The third-order valence-electron chi connectivity index (χ3n) is 4.76. The van der Waals surface area contributed by atoms with Gasteiger partial charge in [-0.05, 0) is 31.4 Å². The van der Waals surface area contributed by atoms with E-state index in [1.54, 1.807) is 0 Å². The molecule has 1 unspecified atom stereocenters. The van der Waals surface area contributed by atoms with Gasteiger partial charge >= 0.3 is 0 Å². The Morgan fingerprint density at radius 1 is 1.11 bits per heavy atom. The van der Waals surface area contributed by atoms with Gasteiger partial charge in [-0.25, -0.2) is 4.98 Å². The van der Waals surface area contributed by atoms with Gasteiger partial charge in [-0.1, -0.05) is 51.1 Å². The summed E-state index contributed by atoms with van der Waals surface area (Å²) >= 11 is 0. The predicted octanol–water partition coefficient (Wildman–Crippen LogP) is 4.19. The van der Waals surface area contributed by atoms with Gasteiger partial charge in [-0.15, -0.1) is 0 Å². The summed E-state index contributed by atoms with van der Waals surface area (Å²) in [7, 11) is 1.93. The van der Waals surface area contributed by atoms with Gasteiger partial charge in [0.2, 0.25) is 5.95 Å². The van der Waals surface area contributed by atoms with Crippen molar-refractivity contribution in [2.45, 2.75) is 52.0 Å². The number of nitrogens with zero attached hydrogens (tertiary/aromatic N) is 4.